The number of aryl methyl sites for hydroxylation is 1. The van der Waals surface area contributed by atoms with E-state index >= 15 is 0 Å². The van der Waals surface area contributed by atoms with E-state index in [1.807, 2.05) is 0 Å². The Kier molecular flexibility index (Phi) is 5.59. The van der Waals surface area contributed by atoms with Crippen LogP contribution in [0.5, 0.6) is 0 Å². The van der Waals surface area contributed by atoms with Gasteiger partial charge < -0.3 is 0 Å². The summed E-state index contributed by atoms with van der Waals surface area (Å²) in [5, 5.41) is 0. The fourth-order valence-electron chi connectivity index (χ4n) is 4.45. The molecule has 0 aliphatic heterocycles. The normalized spacial score (nSPS) is 19.9. The molecule has 3 aromatic rings. The predicted octanol–water partition coefficient (Wildman–Crippen LogP) is 6.39. The van der Waals surface area contributed by atoms with Gasteiger partial charge in [0.2, 0.25) is 0 Å². The first-order valence-electron chi connectivity index (χ1n) is 10.5. The van der Waals surface area contributed by atoms with Gasteiger partial charge in [0.05, 0.1) is 0 Å². The summed E-state index contributed by atoms with van der Waals surface area (Å²) >= 11 is 0. The van der Waals surface area contributed by atoms with Crippen molar-refractivity contribution in [2.24, 2.45) is 5.92 Å². The highest BCUT2D eigenvalue weighted by atomic mass is 28.1. The maximum absolute atomic E-state index is 2.37. The standard InChI is InChI=1S/C26H30Si/c1-19-2-6-21(7-3-19)23-10-14-25(15-11-23)26-16-12-24(13-17-26)22-8-4-20(18-27)5-9-22/h2-3,6-7,10-17,20,22H,4-5,8-9,18H2,1,27H3. The lowest BCUT2D eigenvalue weighted by Gasteiger charge is -2.28. The van der Waals surface area contributed by atoms with Gasteiger partial charge in [0.1, 0.15) is 0 Å². The van der Waals surface area contributed by atoms with E-state index in [1.165, 1.54) is 69.8 Å². The Balaban J connectivity index is 1.46. The molecule has 0 radical (unpaired) electrons. The molecule has 0 saturated heterocycles. The van der Waals surface area contributed by atoms with Gasteiger partial charge in [-0.1, -0.05) is 97.2 Å². The Morgan fingerprint density at radius 1 is 0.630 bits per heavy atom. The molecule has 0 N–H and O–H groups in total. The van der Waals surface area contributed by atoms with Crippen molar-refractivity contribution in [2.75, 3.05) is 0 Å². The van der Waals surface area contributed by atoms with E-state index in [4.69, 9.17) is 0 Å². The first-order chi connectivity index (χ1) is 13.2. The monoisotopic (exact) mass is 370 g/mol. The van der Waals surface area contributed by atoms with Crippen LogP contribution in [-0.4, -0.2) is 10.2 Å². The second kappa shape index (κ2) is 8.27. The Morgan fingerprint density at radius 2 is 1.04 bits per heavy atom. The van der Waals surface area contributed by atoms with Crippen molar-refractivity contribution in [1.82, 2.24) is 0 Å². The van der Waals surface area contributed by atoms with Crippen LogP contribution < -0.4 is 0 Å². The quantitative estimate of drug-likeness (QED) is 0.467. The second-order valence-corrected chi connectivity index (χ2v) is 9.01. The van der Waals surface area contributed by atoms with Crippen LogP contribution in [-0.2, 0) is 0 Å². The van der Waals surface area contributed by atoms with Crippen molar-refractivity contribution in [3.63, 3.8) is 0 Å². The zero-order chi connectivity index (χ0) is 18.6. The summed E-state index contributed by atoms with van der Waals surface area (Å²) in [6, 6.07) is 28.6. The van der Waals surface area contributed by atoms with Gasteiger partial charge in [-0.2, -0.15) is 0 Å². The summed E-state index contributed by atoms with van der Waals surface area (Å²) in [6.07, 6.45) is 5.65. The highest BCUT2D eigenvalue weighted by molar-refractivity contribution is 6.08. The van der Waals surface area contributed by atoms with E-state index in [1.54, 1.807) is 5.56 Å². The molecular weight excluding hydrogens is 340 g/mol. The smallest absolute Gasteiger partial charge is 0.00314 e. The lowest BCUT2D eigenvalue weighted by molar-refractivity contribution is 0.348. The van der Waals surface area contributed by atoms with E-state index in [-0.39, 0.29) is 0 Å². The van der Waals surface area contributed by atoms with Crippen LogP contribution in [0.15, 0.2) is 72.8 Å². The van der Waals surface area contributed by atoms with E-state index in [0.717, 1.165) is 11.8 Å². The Hall–Kier alpha value is -2.12. The summed E-state index contributed by atoms with van der Waals surface area (Å²) in [5.41, 5.74) is 8.04. The van der Waals surface area contributed by atoms with Gasteiger partial charge in [0.15, 0.2) is 0 Å². The van der Waals surface area contributed by atoms with Crippen molar-refractivity contribution in [3.8, 4) is 22.3 Å². The molecule has 0 aromatic heterocycles. The average molecular weight is 371 g/mol. The predicted molar refractivity (Wildman–Crippen MR) is 121 cm³/mol. The summed E-state index contributed by atoms with van der Waals surface area (Å²) in [4.78, 5) is 0. The summed E-state index contributed by atoms with van der Waals surface area (Å²) < 4.78 is 0. The molecule has 1 aliphatic carbocycles. The molecular formula is C26H30Si. The second-order valence-electron chi connectivity index (χ2n) is 8.19. The highest BCUT2D eigenvalue weighted by Gasteiger charge is 2.21. The van der Waals surface area contributed by atoms with Gasteiger partial charge in [0.25, 0.3) is 0 Å². The van der Waals surface area contributed by atoms with E-state index in [2.05, 4.69) is 79.7 Å². The zero-order valence-corrected chi connectivity index (χ0v) is 18.6. The molecule has 1 saturated carbocycles. The van der Waals surface area contributed by atoms with Crippen molar-refractivity contribution < 1.29 is 0 Å². The molecule has 138 valence electrons. The van der Waals surface area contributed by atoms with Crippen LogP contribution in [0.2, 0.25) is 6.04 Å². The number of hydrogen-bond donors (Lipinski definition) is 0. The minimum absolute atomic E-state index is 0.785. The maximum Gasteiger partial charge on any atom is 0.00314 e. The van der Waals surface area contributed by atoms with Crippen LogP contribution in [0, 0.1) is 12.8 Å². The fraction of sp³-hybridized carbons (Fsp3) is 0.308. The topological polar surface area (TPSA) is 0 Å². The first-order valence-corrected chi connectivity index (χ1v) is 11.9. The third kappa shape index (κ3) is 4.25. The van der Waals surface area contributed by atoms with Crippen LogP contribution >= 0.6 is 0 Å². The molecule has 0 unspecified atom stereocenters. The molecule has 27 heavy (non-hydrogen) atoms. The van der Waals surface area contributed by atoms with Crippen molar-refractivity contribution >= 4 is 10.2 Å². The summed E-state index contributed by atoms with van der Waals surface area (Å²) in [7, 11) is 1.37. The molecule has 1 aliphatic rings. The van der Waals surface area contributed by atoms with Gasteiger partial charge in [-0.25, -0.2) is 0 Å². The van der Waals surface area contributed by atoms with E-state index in [9.17, 15) is 0 Å². The third-order valence-electron chi connectivity index (χ3n) is 6.41. The summed E-state index contributed by atoms with van der Waals surface area (Å²) in [5.74, 6) is 1.81. The third-order valence-corrected chi connectivity index (χ3v) is 7.56. The molecule has 0 amide bonds. The first kappa shape index (κ1) is 18.2. The van der Waals surface area contributed by atoms with Gasteiger partial charge in [-0.05, 0) is 59.4 Å². The molecule has 1 heteroatoms. The van der Waals surface area contributed by atoms with Gasteiger partial charge in [-0.3, -0.25) is 0 Å². The minimum atomic E-state index is 0.785. The lowest BCUT2D eigenvalue weighted by atomic mass is 9.79. The number of rotatable bonds is 4. The largest absolute Gasteiger partial charge is 0.0631 e. The minimum Gasteiger partial charge on any atom is -0.0631 e. The zero-order valence-electron chi connectivity index (χ0n) is 16.6. The lowest BCUT2D eigenvalue weighted by Crippen LogP contribution is -2.12. The maximum atomic E-state index is 2.37. The Morgan fingerprint density at radius 3 is 1.48 bits per heavy atom. The molecule has 0 atom stereocenters. The van der Waals surface area contributed by atoms with E-state index in [0.29, 0.717) is 0 Å². The SMILES string of the molecule is Cc1ccc(-c2ccc(-c3ccc(C4CCC(C[SiH3])CC4)cc3)cc2)cc1. The average Bonchev–Trinajstić information content (AvgIpc) is 2.75. The molecule has 0 spiro atoms. The van der Waals surface area contributed by atoms with Crippen LogP contribution in [0.25, 0.3) is 22.3 Å². The molecule has 0 bridgehead atoms. The molecule has 4 rings (SSSR count). The van der Waals surface area contributed by atoms with Crippen LogP contribution in [0.3, 0.4) is 0 Å². The van der Waals surface area contributed by atoms with Gasteiger partial charge >= 0.3 is 0 Å². The van der Waals surface area contributed by atoms with Crippen LogP contribution in [0.4, 0.5) is 0 Å². The van der Waals surface area contributed by atoms with Gasteiger partial charge in [-0.15, -0.1) is 0 Å². The highest BCUT2D eigenvalue weighted by Crippen LogP contribution is 2.37. The van der Waals surface area contributed by atoms with Crippen LogP contribution in [0.1, 0.15) is 42.7 Å². The number of benzene rings is 3. The molecule has 1 fully saturated rings. The number of hydrogen-bond acceptors (Lipinski definition) is 0. The van der Waals surface area contributed by atoms with Gasteiger partial charge in [0, 0.05) is 10.2 Å². The van der Waals surface area contributed by atoms with Crippen molar-refractivity contribution in [1.29, 1.82) is 0 Å². The molecule has 0 heterocycles. The molecule has 0 nitrogen and oxygen atoms in total. The summed E-state index contributed by atoms with van der Waals surface area (Å²) in [6.45, 7) is 2.13. The van der Waals surface area contributed by atoms with Crippen molar-refractivity contribution in [3.05, 3.63) is 83.9 Å². The van der Waals surface area contributed by atoms with E-state index < -0.39 is 0 Å². The molecule has 3 aromatic carbocycles. The Bertz CT molecular complexity index is 852. The Labute approximate surface area is 167 Å². The fourth-order valence-corrected chi connectivity index (χ4v) is 5.27. The van der Waals surface area contributed by atoms with Crippen molar-refractivity contribution in [2.45, 2.75) is 44.6 Å².